The molecule has 1 saturated heterocycles. The number of amides is 1. The Hall–Kier alpha value is -1.21. The maximum Gasteiger partial charge on any atom is 0.265 e. The maximum absolute atomic E-state index is 12.7. The summed E-state index contributed by atoms with van der Waals surface area (Å²) < 4.78 is 0. The molecule has 1 amide bonds. The fourth-order valence-corrected chi connectivity index (χ4v) is 3.94. The van der Waals surface area contributed by atoms with Gasteiger partial charge in [-0.25, -0.2) is 4.98 Å². The highest BCUT2D eigenvalue weighted by Crippen LogP contribution is 2.28. The summed E-state index contributed by atoms with van der Waals surface area (Å²) in [6.07, 6.45) is 8.30. The maximum atomic E-state index is 12.7. The SMILES string of the molecule is Cl.Cl.O=C(c1cnc(-c2ccccn2)s1)N1CCC(NCC2CC2)CC1. The highest BCUT2D eigenvalue weighted by molar-refractivity contribution is 7.16. The lowest BCUT2D eigenvalue weighted by Crippen LogP contribution is -2.45. The lowest BCUT2D eigenvalue weighted by molar-refractivity contribution is 0.0709. The second-order valence-electron chi connectivity index (χ2n) is 6.66. The highest BCUT2D eigenvalue weighted by atomic mass is 35.5. The zero-order valence-corrected chi connectivity index (χ0v) is 16.9. The number of nitrogens with one attached hydrogen (secondary N) is 1. The van der Waals surface area contributed by atoms with Gasteiger partial charge in [0.2, 0.25) is 0 Å². The number of carbonyl (C=O) groups is 1. The van der Waals surface area contributed by atoms with Crippen LogP contribution in [0.2, 0.25) is 0 Å². The topological polar surface area (TPSA) is 58.1 Å². The molecule has 0 spiro atoms. The molecule has 0 unspecified atom stereocenters. The Labute approximate surface area is 170 Å². The summed E-state index contributed by atoms with van der Waals surface area (Å²) in [6, 6.07) is 6.31. The van der Waals surface area contributed by atoms with Crippen LogP contribution in [0, 0.1) is 5.92 Å². The van der Waals surface area contributed by atoms with Crippen LogP contribution in [0.25, 0.3) is 10.7 Å². The van der Waals surface area contributed by atoms with E-state index in [0.29, 0.717) is 10.9 Å². The summed E-state index contributed by atoms with van der Waals surface area (Å²) in [5.74, 6) is 1.02. The van der Waals surface area contributed by atoms with Crippen molar-refractivity contribution in [3.63, 3.8) is 0 Å². The lowest BCUT2D eigenvalue weighted by Gasteiger charge is -2.32. The number of pyridine rings is 1. The van der Waals surface area contributed by atoms with Crippen LogP contribution in [-0.2, 0) is 0 Å². The Morgan fingerprint density at radius 2 is 1.92 bits per heavy atom. The normalized spacial score (nSPS) is 17.3. The molecule has 8 heteroatoms. The van der Waals surface area contributed by atoms with Crippen LogP contribution >= 0.6 is 36.2 Å². The van der Waals surface area contributed by atoms with Gasteiger partial charge in [-0.05, 0) is 50.3 Å². The van der Waals surface area contributed by atoms with Crippen molar-refractivity contribution < 1.29 is 4.79 Å². The van der Waals surface area contributed by atoms with Crippen molar-refractivity contribution in [3.8, 4) is 10.7 Å². The van der Waals surface area contributed by atoms with E-state index in [1.165, 1.54) is 24.2 Å². The van der Waals surface area contributed by atoms with E-state index in [0.717, 1.165) is 49.1 Å². The number of nitrogens with zero attached hydrogens (tertiary/aromatic N) is 3. The minimum atomic E-state index is 0. The van der Waals surface area contributed by atoms with Crippen molar-refractivity contribution in [1.82, 2.24) is 20.2 Å². The number of carbonyl (C=O) groups excluding carboxylic acids is 1. The minimum absolute atomic E-state index is 0. The van der Waals surface area contributed by atoms with Gasteiger partial charge >= 0.3 is 0 Å². The van der Waals surface area contributed by atoms with E-state index in [4.69, 9.17) is 0 Å². The third-order valence-corrected chi connectivity index (χ3v) is 5.78. The van der Waals surface area contributed by atoms with Crippen molar-refractivity contribution in [2.45, 2.75) is 31.7 Å². The van der Waals surface area contributed by atoms with E-state index >= 15 is 0 Å². The van der Waals surface area contributed by atoms with Gasteiger partial charge in [0.1, 0.15) is 9.88 Å². The molecule has 3 heterocycles. The Morgan fingerprint density at radius 1 is 1.15 bits per heavy atom. The molecule has 2 aromatic rings. The highest BCUT2D eigenvalue weighted by Gasteiger charge is 2.27. The standard InChI is InChI=1S/C18H22N4OS.2ClH/c23-18(16-12-21-17(24-16)15-3-1-2-8-19-15)22-9-6-14(7-10-22)20-11-13-4-5-13;;/h1-3,8,12-14,20H,4-7,9-11H2;2*1H. The van der Waals surface area contributed by atoms with Gasteiger partial charge in [0.25, 0.3) is 5.91 Å². The molecule has 1 saturated carbocycles. The third-order valence-electron chi connectivity index (χ3n) is 4.77. The Bertz CT molecular complexity index is 700. The van der Waals surface area contributed by atoms with Gasteiger partial charge in [0.15, 0.2) is 0 Å². The van der Waals surface area contributed by atoms with Gasteiger partial charge in [-0.2, -0.15) is 0 Å². The molecule has 0 bridgehead atoms. The Morgan fingerprint density at radius 3 is 2.58 bits per heavy atom. The van der Waals surface area contributed by atoms with Gasteiger partial charge in [0, 0.05) is 25.3 Å². The van der Waals surface area contributed by atoms with Crippen LogP contribution in [0.15, 0.2) is 30.6 Å². The van der Waals surface area contributed by atoms with Gasteiger partial charge in [-0.15, -0.1) is 36.2 Å². The smallest absolute Gasteiger partial charge is 0.265 e. The summed E-state index contributed by atoms with van der Waals surface area (Å²) in [5.41, 5.74) is 0.824. The van der Waals surface area contributed by atoms with Crippen molar-refractivity contribution >= 4 is 42.1 Å². The zero-order valence-electron chi connectivity index (χ0n) is 14.5. The first-order valence-electron chi connectivity index (χ1n) is 8.69. The molecule has 5 nitrogen and oxygen atoms in total. The quantitative estimate of drug-likeness (QED) is 0.810. The molecule has 2 fully saturated rings. The Balaban J connectivity index is 0.00000121. The molecule has 1 aliphatic carbocycles. The number of halogens is 2. The largest absolute Gasteiger partial charge is 0.338 e. The Kier molecular flexibility index (Phi) is 7.83. The minimum Gasteiger partial charge on any atom is -0.338 e. The van der Waals surface area contributed by atoms with Crippen LogP contribution in [0.1, 0.15) is 35.4 Å². The van der Waals surface area contributed by atoms with Crippen LogP contribution in [0.3, 0.4) is 0 Å². The first kappa shape index (κ1) is 21.1. The molecular weight excluding hydrogens is 391 g/mol. The van der Waals surface area contributed by atoms with Crippen LogP contribution < -0.4 is 5.32 Å². The second kappa shape index (κ2) is 9.65. The van der Waals surface area contributed by atoms with E-state index in [1.54, 1.807) is 12.4 Å². The van der Waals surface area contributed by atoms with E-state index in [9.17, 15) is 4.79 Å². The van der Waals surface area contributed by atoms with Crippen molar-refractivity contribution in [1.29, 1.82) is 0 Å². The number of thiazole rings is 1. The van der Waals surface area contributed by atoms with Crippen LogP contribution in [0.5, 0.6) is 0 Å². The molecule has 1 aliphatic heterocycles. The lowest BCUT2D eigenvalue weighted by atomic mass is 10.0. The molecule has 0 aromatic carbocycles. The average Bonchev–Trinajstić information content (AvgIpc) is 3.34. The summed E-state index contributed by atoms with van der Waals surface area (Å²) in [5, 5.41) is 4.46. The number of rotatable bonds is 5. The predicted octanol–water partition coefficient (Wildman–Crippen LogP) is 3.65. The first-order chi connectivity index (χ1) is 11.8. The summed E-state index contributed by atoms with van der Waals surface area (Å²) in [4.78, 5) is 24.0. The average molecular weight is 415 g/mol. The van der Waals surface area contributed by atoms with E-state index < -0.39 is 0 Å². The van der Waals surface area contributed by atoms with Crippen molar-refractivity contribution in [2.24, 2.45) is 5.92 Å². The molecule has 4 rings (SSSR count). The van der Waals surface area contributed by atoms with Crippen molar-refractivity contribution in [2.75, 3.05) is 19.6 Å². The van der Waals surface area contributed by atoms with E-state index in [1.807, 2.05) is 23.1 Å². The number of piperidine rings is 1. The number of aromatic nitrogens is 2. The van der Waals surface area contributed by atoms with Crippen LogP contribution in [0.4, 0.5) is 0 Å². The van der Waals surface area contributed by atoms with E-state index in [-0.39, 0.29) is 30.7 Å². The molecular formula is C18H24Cl2N4OS. The monoisotopic (exact) mass is 414 g/mol. The molecule has 0 atom stereocenters. The third kappa shape index (κ3) is 5.16. The summed E-state index contributed by atoms with van der Waals surface area (Å²) in [6.45, 7) is 2.82. The number of likely N-dealkylation sites (tertiary alicyclic amines) is 1. The van der Waals surface area contributed by atoms with Crippen LogP contribution in [-0.4, -0.2) is 46.5 Å². The fraction of sp³-hybridized carbons (Fsp3) is 0.500. The van der Waals surface area contributed by atoms with E-state index in [2.05, 4.69) is 15.3 Å². The first-order valence-corrected chi connectivity index (χ1v) is 9.51. The fourth-order valence-electron chi connectivity index (χ4n) is 3.08. The zero-order chi connectivity index (χ0) is 16.4. The number of hydrogen-bond donors (Lipinski definition) is 1. The van der Waals surface area contributed by atoms with Gasteiger partial charge in [-0.1, -0.05) is 6.07 Å². The molecule has 142 valence electrons. The van der Waals surface area contributed by atoms with Crippen molar-refractivity contribution in [3.05, 3.63) is 35.5 Å². The molecule has 0 radical (unpaired) electrons. The van der Waals surface area contributed by atoms with Gasteiger partial charge in [0.05, 0.1) is 11.9 Å². The number of hydrogen-bond acceptors (Lipinski definition) is 5. The van der Waals surface area contributed by atoms with Gasteiger partial charge in [-0.3, -0.25) is 9.78 Å². The van der Waals surface area contributed by atoms with Gasteiger partial charge < -0.3 is 10.2 Å². The summed E-state index contributed by atoms with van der Waals surface area (Å²) in [7, 11) is 0. The molecule has 1 N–H and O–H groups in total. The molecule has 2 aliphatic rings. The second-order valence-corrected chi connectivity index (χ2v) is 7.69. The molecule has 2 aromatic heterocycles. The summed E-state index contributed by atoms with van der Waals surface area (Å²) >= 11 is 1.43. The molecule has 26 heavy (non-hydrogen) atoms. The predicted molar refractivity (Wildman–Crippen MR) is 109 cm³/mol.